The van der Waals surface area contributed by atoms with E-state index in [1.165, 1.54) is 27.6 Å². The lowest BCUT2D eigenvalue weighted by atomic mass is 10.1. The molecule has 186 valence electrons. The maximum atomic E-state index is 10.8. The first kappa shape index (κ1) is 24.5. The third-order valence-corrected chi connectivity index (χ3v) is 8.11. The van der Waals surface area contributed by atoms with Gasteiger partial charge in [0.2, 0.25) is 0 Å². The monoisotopic (exact) mass is 520 g/mol. The van der Waals surface area contributed by atoms with Crippen LogP contribution in [-0.2, 0) is 10.1 Å². The van der Waals surface area contributed by atoms with Crippen molar-refractivity contribution in [3.8, 4) is 0 Å². The quantitative estimate of drug-likeness (QED) is 0.321. The molecule has 36 heavy (non-hydrogen) atoms. The molecule has 2 aliphatic heterocycles. The second kappa shape index (κ2) is 10.0. The number of fused-ring (bicyclic) bond motifs is 3. The van der Waals surface area contributed by atoms with Crippen LogP contribution in [0.2, 0.25) is 0 Å². The lowest BCUT2D eigenvalue weighted by Crippen LogP contribution is -2.47. The Morgan fingerprint density at radius 3 is 2.36 bits per heavy atom. The molecule has 0 radical (unpaired) electrons. The minimum atomic E-state index is -4.09. The summed E-state index contributed by atoms with van der Waals surface area (Å²) in [4.78, 5) is 11.1. The highest BCUT2D eigenvalue weighted by atomic mass is 32.2. The van der Waals surface area contributed by atoms with E-state index in [4.69, 9.17) is 9.55 Å². The van der Waals surface area contributed by atoms with Crippen molar-refractivity contribution in [2.75, 3.05) is 38.5 Å². The Hall–Kier alpha value is -3.24. The van der Waals surface area contributed by atoms with Crippen LogP contribution < -0.4 is 5.32 Å². The average Bonchev–Trinajstić information content (AvgIpc) is 3.15. The van der Waals surface area contributed by atoms with Crippen molar-refractivity contribution in [3.05, 3.63) is 83.2 Å². The number of para-hydroxylation sites is 2. The number of aliphatic imine (C=N–C) groups is 1. The third kappa shape index (κ3) is 5.29. The molecule has 9 heteroatoms. The van der Waals surface area contributed by atoms with Crippen molar-refractivity contribution in [3.63, 3.8) is 0 Å². The number of aryl methyl sites for hydroxylation is 1. The molecule has 3 aromatic carbocycles. The number of rotatable bonds is 1. The highest BCUT2D eigenvalue weighted by Crippen LogP contribution is 2.39. The molecule has 2 N–H and O–H groups in total. The topological polar surface area (TPSA) is 85.2 Å². The summed E-state index contributed by atoms with van der Waals surface area (Å²) in [6.45, 7) is 6.41. The van der Waals surface area contributed by atoms with E-state index in [0.717, 1.165) is 54.2 Å². The number of anilines is 2. The van der Waals surface area contributed by atoms with E-state index in [1.54, 1.807) is 23.5 Å². The van der Waals surface area contributed by atoms with Gasteiger partial charge in [0, 0.05) is 31.1 Å². The standard InChI is InChI=1S/C17H20N4S.C10H8O3S/c1-12-11-13-16(21-9-7-20(2)8-10-21)18-14-5-3-4-6-15(14)19-17(13)22-12;11-14(12,13)10-6-5-8-3-1-2-4-9(8)7-10/h3-6,11,19H,7-10H2,1-2H3;1-7H,(H,11,12,13). The van der Waals surface area contributed by atoms with Gasteiger partial charge in [-0.2, -0.15) is 8.42 Å². The van der Waals surface area contributed by atoms with E-state index in [9.17, 15) is 8.42 Å². The Morgan fingerprint density at radius 1 is 0.917 bits per heavy atom. The largest absolute Gasteiger partial charge is 0.353 e. The van der Waals surface area contributed by atoms with E-state index in [0.29, 0.717) is 0 Å². The smallest absolute Gasteiger partial charge is 0.294 e. The van der Waals surface area contributed by atoms with E-state index in [1.807, 2.05) is 18.2 Å². The van der Waals surface area contributed by atoms with Crippen molar-refractivity contribution in [2.24, 2.45) is 4.99 Å². The molecular weight excluding hydrogens is 492 g/mol. The Balaban J connectivity index is 0.000000165. The van der Waals surface area contributed by atoms with Crippen LogP contribution in [0.3, 0.4) is 0 Å². The zero-order valence-electron chi connectivity index (χ0n) is 20.2. The van der Waals surface area contributed by atoms with Gasteiger partial charge in [-0.1, -0.05) is 42.5 Å². The predicted octanol–water partition coefficient (Wildman–Crippen LogP) is 5.53. The number of hydrogen-bond donors (Lipinski definition) is 2. The van der Waals surface area contributed by atoms with Gasteiger partial charge in [0.25, 0.3) is 10.1 Å². The summed E-state index contributed by atoms with van der Waals surface area (Å²) in [5, 5.41) is 6.52. The van der Waals surface area contributed by atoms with E-state index in [2.05, 4.69) is 59.4 Å². The molecule has 4 aromatic rings. The van der Waals surface area contributed by atoms with Crippen molar-refractivity contribution >= 4 is 54.4 Å². The number of nitrogens with zero attached hydrogens (tertiary/aromatic N) is 3. The molecule has 7 nitrogen and oxygen atoms in total. The lowest BCUT2D eigenvalue weighted by Gasteiger charge is -2.34. The fourth-order valence-electron chi connectivity index (χ4n) is 4.33. The number of thiophene rings is 1. The molecule has 0 bridgehead atoms. The number of nitrogens with one attached hydrogen (secondary N) is 1. The van der Waals surface area contributed by atoms with Gasteiger partial charge < -0.3 is 15.1 Å². The molecule has 6 rings (SSSR count). The molecule has 3 heterocycles. The molecule has 1 fully saturated rings. The Morgan fingerprint density at radius 2 is 1.61 bits per heavy atom. The van der Waals surface area contributed by atoms with Crippen LogP contribution in [0.1, 0.15) is 10.4 Å². The molecule has 1 aromatic heterocycles. The van der Waals surface area contributed by atoms with Crippen LogP contribution >= 0.6 is 11.3 Å². The van der Waals surface area contributed by atoms with E-state index < -0.39 is 10.1 Å². The van der Waals surface area contributed by atoms with Crippen LogP contribution in [0.4, 0.5) is 16.4 Å². The minimum Gasteiger partial charge on any atom is -0.353 e. The maximum absolute atomic E-state index is 10.8. The van der Waals surface area contributed by atoms with Gasteiger partial charge in [0.05, 0.1) is 21.8 Å². The average molecular weight is 521 g/mol. The summed E-state index contributed by atoms with van der Waals surface area (Å²) in [5.74, 6) is 1.12. The molecule has 1 saturated heterocycles. The molecule has 2 aliphatic rings. The van der Waals surface area contributed by atoms with Crippen LogP contribution in [0.15, 0.2) is 82.7 Å². The second-order valence-corrected chi connectivity index (χ2v) is 11.6. The minimum absolute atomic E-state index is 0.0730. The van der Waals surface area contributed by atoms with Gasteiger partial charge in [-0.3, -0.25) is 4.55 Å². The summed E-state index contributed by atoms with van der Waals surface area (Å²) in [7, 11) is -1.91. The first-order chi connectivity index (χ1) is 17.3. The zero-order chi connectivity index (χ0) is 25.3. The SMILES string of the molecule is Cc1cc2c(s1)Nc1ccccc1N=C2N1CCN(C)CC1.O=S(=O)(O)c1ccc2ccccc2c1. The van der Waals surface area contributed by atoms with Crippen LogP contribution in [0.25, 0.3) is 10.8 Å². The summed E-state index contributed by atoms with van der Waals surface area (Å²) < 4.78 is 30.5. The maximum Gasteiger partial charge on any atom is 0.294 e. The van der Waals surface area contributed by atoms with Gasteiger partial charge in [-0.05, 0) is 55.1 Å². The normalized spacial score (nSPS) is 15.6. The van der Waals surface area contributed by atoms with Crippen LogP contribution in [0, 0.1) is 6.92 Å². The predicted molar refractivity (Wildman–Crippen MR) is 148 cm³/mol. The van der Waals surface area contributed by atoms with E-state index >= 15 is 0 Å². The number of benzene rings is 3. The Labute approximate surface area is 215 Å². The lowest BCUT2D eigenvalue weighted by molar-refractivity contribution is 0.216. The second-order valence-electron chi connectivity index (χ2n) is 8.95. The highest BCUT2D eigenvalue weighted by molar-refractivity contribution is 7.85. The molecular formula is C27H28N4O3S2. The molecule has 0 aliphatic carbocycles. The van der Waals surface area contributed by atoms with Gasteiger partial charge in [0.1, 0.15) is 10.8 Å². The van der Waals surface area contributed by atoms with Crippen molar-refractivity contribution in [2.45, 2.75) is 11.8 Å². The Bertz CT molecular complexity index is 1540. The molecule has 0 atom stereocenters. The fraction of sp³-hybridized carbons (Fsp3) is 0.222. The number of hydrogen-bond acceptors (Lipinski definition) is 7. The summed E-state index contributed by atoms with van der Waals surface area (Å²) in [6, 6.07) is 22.4. The first-order valence-electron chi connectivity index (χ1n) is 11.7. The van der Waals surface area contributed by atoms with Crippen molar-refractivity contribution in [1.82, 2.24) is 9.80 Å². The molecule has 0 spiro atoms. The third-order valence-electron chi connectivity index (χ3n) is 6.30. The number of likely N-dealkylation sites (N-methyl/N-ethyl adjacent to an activating group) is 1. The summed E-state index contributed by atoms with van der Waals surface area (Å²) in [5.41, 5.74) is 3.36. The fourth-order valence-corrected chi connectivity index (χ4v) is 5.77. The molecule has 0 unspecified atom stereocenters. The highest BCUT2D eigenvalue weighted by Gasteiger charge is 2.25. The van der Waals surface area contributed by atoms with Gasteiger partial charge in [-0.25, -0.2) is 4.99 Å². The molecule has 0 saturated carbocycles. The first-order valence-corrected chi connectivity index (χ1v) is 14.0. The number of amidine groups is 1. The van der Waals surface area contributed by atoms with Crippen molar-refractivity contribution < 1.29 is 13.0 Å². The summed E-state index contributed by atoms with van der Waals surface area (Å²) >= 11 is 1.81. The van der Waals surface area contributed by atoms with Crippen LogP contribution in [-0.4, -0.2) is 61.8 Å². The zero-order valence-corrected chi connectivity index (χ0v) is 21.8. The summed E-state index contributed by atoms with van der Waals surface area (Å²) in [6.07, 6.45) is 0. The molecule has 0 amide bonds. The van der Waals surface area contributed by atoms with Gasteiger partial charge >= 0.3 is 0 Å². The van der Waals surface area contributed by atoms with Gasteiger partial charge in [0.15, 0.2) is 0 Å². The van der Waals surface area contributed by atoms with Gasteiger partial charge in [-0.15, -0.1) is 11.3 Å². The van der Waals surface area contributed by atoms with E-state index in [-0.39, 0.29) is 4.90 Å². The Kier molecular flexibility index (Phi) is 6.81. The number of piperazine rings is 1. The van der Waals surface area contributed by atoms with Crippen molar-refractivity contribution in [1.29, 1.82) is 0 Å². The van der Waals surface area contributed by atoms with Crippen LogP contribution in [0.5, 0.6) is 0 Å².